The van der Waals surface area contributed by atoms with E-state index in [2.05, 4.69) is 23.7 Å². The molecule has 0 aliphatic carbocycles. The van der Waals surface area contributed by atoms with Crippen LogP contribution in [0.4, 0.5) is 0 Å². The van der Waals surface area contributed by atoms with Crippen LogP contribution in [0.3, 0.4) is 0 Å². The number of fused-ring (bicyclic) bond motifs is 1. The topological polar surface area (TPSA) is 58.1 Å². The molecule has 0 aliphatic rings. The van der Waals surface area contributed by atoms with Crippen molar-refractivity contribution in [1.29, 1.82) is 0 Å². The summed E-state index contributed by atoms with van der Waals surface area (Å²) in [4.78, 5) is 29.4. The van der Waals surface area contributed by atoms with Crippen molar-refractivity contribution in [3.8, 4) is 0 Å². The largest absolute Gasteiger partial charge is 0.328 e. The smallest absolute Gasteiger partial charge is 0.307 e. The predicted octanol–water partition coefficient (Wildman–Crippen LogP) is 2.08. The standard InChI is InChI=1S/C15H20ClN3O2/c1-3-18(4-2)8-5-9-19-14(20)12-10-11(16)6-7-13(12)17-15(19)21/h6-7,10H,3-5,8-9H2,1-2H3,(H,17,21). The molecule has 2 aromatic rings. The Morgan fingerprint density at radius 2 is 1.95 bits per heavy atom. The number of rotatable bonds is 6. The fraction of sp³-hybridized carbons (Fsp3) is 0.467. The first-order valence-corrected chi connectivity index (χ1v) is 7.59. The molecule has 0 unspecified atom stereocenters. The number of aromatic nitrogens is 2. The molecule has 0 saturated carbocycles. The zero-order valence-electron chi connectivity index (χ0n) is 12.4. The number of H-pyrrole nitrogens is 1. The fourth-order valence-corrected chi connectivity index (χ4v) is 2.59. The maximum Gasteiger partial charge on any atom is 0.328 e. The van der Waals surface area contributed by atoms with E-state index in [1.54, 1.807) is 18.2 Å². The van der Waals surface area contributed by atoms with Gasteiger partial charge in [-0.3, -0.25) is 9.36 Å². The van der Waals surface area contributed by atoms with Crippen molar-refractivity contribution >= 4 is 22.5 Å². The molecule has 1 heterocycles. The first-order valence-electron chi connectivity index (χ1n) is 7.21. The van der Waals surface area contributed by atoms with E-state index in [4.69, 9.17) is 11.6 Å². The van der Waals surface area contributed by atoms with Crippen LogP contribution in [0.1, 0.15) is 20.3 Å². The number of aromatic amines is 1. The van der Waals surface area contributed by atoms with Gasteiger partial charge in [0.25, 0.3) is 5.56 Å². The highest BCUT2D eigenvalue weighted by Crippen LogP contribution is 2.13. The summed E-state index contributed by atoms with van der Waals surface area (Å²) >= 11 is 5.92. The van der Waals surface area contributed by atoms with Gasteiger partial charge in [0.2, 0.25) is 0 Å². The third-order valence-electron chi connectivity index (χ3n) is 3.69. The lowest BCUT2D eigenvalue weighted by atomic mass is 10.2. The number of hydrogen-bond donors (Lipinski definition) is 1. The molecule has 1 N–H and O–H groups in total. The monoisotopic (exact) mass is 309 g/mol. The summed E-state index contributed by atoms with van der Waals surface area (Å²) in [6.07, 6.45) is 0.761. The normalized spacial score (nSPS) is 11.4. The lowest BCUT2D eigenvalue weighted by Gasteiger charge is -2.17. The molecule has 0 spiro atoms. The maximum atomic E-state index is 12.4. The van der Waals surface area contributed by atoms with E-state index < -0.39 is 0 Å². The van der Waals surface area contributed by atoms with Crippen LogP contribution in [0.25, 0.3) is 10.9 Å². The summed E-state index contributed by atoms with van der Waals surface area (Å²) in [5.74, 6) is 0. The molecule has 0 saturated heterocycles. The lowest BCUT2D eigenvalue weighted by molar-refractivity contribution is 0.292. The lowest BCUT2D eigenvalue weighted by Crippen LogP contribution is -2.36. The zero-order valence-corrected chi connectivity index (χ0v) is 13.1. The Labute approximate surface area is 128 Å². The van der Waals surface area contributed by atoms with Crippen molar-refractivity contribution in [2.24, 2.45) is 0 Å². The molecule has 1 aromatic carbocycles. The summed E-state index contributed by atoms with van der Waals surface area (Å²) in [6, 6.07) is 4.90. The van der Waals surface area contributed by atoms with Gasteiger partial charge < -0.3 is 9.88 Å². The van der Waals surface area contributed by atoms with Gasteiger partial charge in [0, 0.05) is 11.6 Å². The molecule has 0 bridgehead atoms. The van der Waals surface area contributed by atoms with Gasteiger partial charge in [-0.1, -0.05) is 25.4 Å². The van der Waals surface area contributed by atoms with Crippen LogP contribution in [0, 0.1) is 0 Å². The Hall–Kier alpha value is -1.59. The highest BCUT2D eigenvalue weighted by atomic mass is 35.5. The second-order valence-corrected chi connectivity index (χ2v) is 5.39. The zero-order chi connectivity index (χ0) is 15.4. The first kappa shape index (κ1) is 15.8. The van der Waals surface area contributed by atoms with Crippen LogP contribution in [0.15, 0.2) is 27.8 Å². The summed E-state index contributed by atoms with van der Waals surface area (Å²) in [5, 5.41) is 0.936. The Morgan fingerprint density at radius 1 is 1.24 bits per heavy atom. The van der Waals surface area contributed by atoms with Crippen molar-refractivity contribution in [2.45, 2.75) is 26.8 Å². The molecule has 6 heteroatoms. The molecular weight excluding hydrogens is 290 g/mol. The van der Waals surface area contributed by atoms with Crippen LogP contribution >= 0.6 is 11.6 Å². The highest BCUT2D eigenvalue weighted by molar-refractivity contribution is 6.31. The van der Waals surface area contributed by atoms with Gasteiger partial charge >= 0.3 is 5.69 Å². The van der Waals surface area contributed by atoms with Crippen molar-refractivity contribution in [3.63, 3.8) is 0 Å². The highest BCUT2D eigenvalue weighted by Gasteiger charge is 2.08. The minimum Gasteiger partial charge on any atom is -0.307 e. The second kappa shape index (κ2) is 6.91. The molecule has 21 heavy (non-hydrogen) atoms. The fourth-order valence-electron chi connectivity index (χ4n) is 2.42. The minimum atomic E-state index is -0.366. The molecule has 114 valence electrons. The maximum absolute atomic E-state index is 12.4. The molecule has 0 atom stereocenters. The quantitative estimate of drug-likeness (QED) is 0.889. The Kier molecular flexibility index (Phi) is 5.20. The minimum absolute atomic E-state index is 0.282. The van der Waals surface area contributed by atoms with Crippen LogP contribution in [0.5, 0.6) is 0 Å². The van der Waals surface area contributed by atoms with Crippen molar-refractivity contribution in [3.05, 3.63) is 44.1 Å². The Bertz CT molecular complexity index is 732. The van der Waals surface area contributed by atoms with Gasteiger partial charge in [-0.2, -0.15) is 0 Å². The van der Waals surface area contributed by atoms with Gasteiger partial charge in [-0.15, -0.1) is 0 Å². The number of halogens is 1. The van der Waals surface area contributed by atoms with Gasteiger partial charge in [-0.25, -0.2) is 4.79 Å². The Balaban J connectivity index is 2.28. The van der Waals surface area contributed by atoms with Gasteiger partial charge in [-0.05, 0) is 44.3 Å². The summed E-state index contributed by atoms with van der Waals surface area (Å²) in [7, 11) is 0. The molecular formula is C15H20ClN3O2. The average molecular weight is 310 g/mol. The van der Waals surface area contributed by atoms with Gasteiger partial charge in [0.05, 0.1) is 10.9 Å². The number of benzene rings is 1. The Morgan fingerprint density at radius 3 is 2.62 bits per heavy atom. The number of hydrogen-bond acceptors (Lipinski definition) is 3. The van der Waals surface area contributed by atoms with E-state index in [1.165, 1.54) is 4.57 Å². The van der Waals surface area contributed by atoms with Crippen molar-refractivity contribution in [2.75, 3.05) is 19.6 Å². The van der Waals surface area contributed by atoms with Crippen LogP contribution < -0.4 is 11.2 Å². The molecule has 5 nitrogen and oxygen atoms in total. The number of nitrogens with zero attached hydrogens (tertiary/aromatic N) is 2. The van der Waals surface area contributed by atoms with Crippen LogP contribution in [-0.2, 0) is 6.54 Å². The molecule has 2 rings (SSSR count). The second-order valence-electron chi connectivity index (χ2n) is 4.96. The molecule has 1 aromatic heterocycles. The molecule has 0 aliphatic heterocycles. The van der Waals surface area contributed by atoms with E-state index in [0.717, 1.165) is 26.1 Å². The van der Waals surface area contributed by atoms with Gasteiger partial charge in [0.15, 0.2) is 0 Å². The van der Waals surface area contributed by atoms with E-state index in [0.29, 0.717) is 22.5 Å². The molecule has 0 amide bonds. The summed E-state index contributed by atoms with van der Waals surface area (Å²) < 4.78 is 1.25. The molecule has 0 radical (unpaired) electrons. The van der Waals surface area contributed by atoms with Crippen LogP contribution in [-0.4, -0.2) is 34.1 Å². The number of nitrogens with one attached hydrogen (secondary N) is 1. The van der Waals surface area contributed by atoms with Gasteiger partial charge in [0.1, 0.15) is 0 Å². The summed E-state index contributed by atoms with van der Waals surface area (Å²) in [6.45, 7) is 7.41. The first-order chi connectivity index (χ1) is 10.1. The SMILES string of the molecule is CCN(CC)CCCn1c(=O)[nH]c2ccc(Cl)cc2c1=O. The van der Waals surface area contributed by atoms with Crippen molar-refractivity contribution in [1.82, 2.24) is 14.5 Å². The third-order valence-corrected chi connectivity index (χ3v) is 3.93. The van der Waals surface area contributed by atoms with E-state index >= 15 is 0 Å². The molecule has 0 fully saturated rings. The third kappa shape index (κ3) is 3.54. The van der Waals surface area contributed by atoms with Crippen molar-refractivity contribution < 1.29 is 0 Å². The van der Waals surface area contributed by atoms with E-state index in [9.17, 15) is 9.59 Å². The predicted molar refractivity (Wildman–Crippen MR) is 86.2 cm³/mol. The average Bonchev–Trinajstić information content (AvgIpc) is 2.47. The summed E-state index contributed by atoms with van der Waals surface area (Å²) in [5.41, 5.74) is -0.125. The van der Waals surface area contributed by atoms with E-state index in [1.807, 2.05) is 0 Å². The van der Waals surface area contributed by atoms with Crippen LogP contribution in [0.2, 0.25) is 5.02 Å². The van der Waals surface area contributed by atoms with E-state index in [-0.39, 0.29) is 11.2 Å².